The first kappa shape index (κ1) is 18.2. The second-order valence-electron chi connectivity index (χ2n) is 6.39. The third kappa shape index (κ3) is 3.96. The lowest BCUT2D eigenvalue weighted by molar-refractivity contribution is 0.00401. The fourth-order valence-corrected chi connectivity index (χ4v) is 3.15. The normalized spacial score (nSPS) is 18.3. The number of methoxy groups -OCH3 is 1. The molecule has 0 saturated carbocycles. The van der Waals surface area contributed by atoms with Gasteiger partial charge in [0.05, 0.1) is 13.2 Å². The van der Waals surface area contributed by atoms with Crippen LogP contribution in [-0.2, 0) is 4.74 Å². The van der Waals surface area contributed by atoms with Crippen LogP contribution in [0.2, 0.25) is 0 Å². The lowest BCUT2D eigenvalue weighted by Gasteiger charge is -2.35. The molecule has 26 heavy (non-hydrogen) atoms. The maximum atomic E-state index is 12.2. The molecule has 3 rings (SSSR count). The first-order valence-electron chi connectivity index (χ1n) is 8.81. The highest BCUT2D eigenvalue weighted by Gasteiger charge is 2.30. The van der Waals surface area contributed by atoms with Gasteiger partial charge in [0.25, 0.3) is 0 Å². The number of aliphatic hydroxyl groups is 1. The van der Waals surface area contributed by atoms with E-state index in [9.17, 15) is 4.79 Å². The molecule has 0 aliphatic carbocycles. The molecule has 2 unspecified atom stereocenters. The van der Waals surface area contributed by atoms with Crippen molar-refractivity contribution < 1.29 is 19.4 Å². The first-order chi connectivity index (χ1) is 12.6. The Bertz CT molecular complexity index is 730. The minimum Gasteiger partial charge on any atom is -0.481 e. The second-order valence-corrected chi connectivity index (χ2v) is 6.39. The van der Waals surface area contributed by atoms with Crippen LogP contribution in [-0.4, -0.2) is 47.4 Å². The van der Waals surface area contributed by atoms with Crippen LogP contribution in [0.1, 0.15) is 31.4 Å². The summed E-state index contributed by atoms with van der Waals surface area (Å²) in [5, 5.41) is 8.99. The van der Waals surface area contributed by atoms with Gasteiger partial charge in [-0.25, -0.2) is 9.78 Å². The van der Waals surface area contributed by atoms with E-state index in [1.807, 2.05) is 43.3 Å². The van der Waals surface area contributed by atoms with Gasteiger partial charge in [0.1, 0.15) is 6.10 Å². The Morgan fingerprint density at radius 3 is 2.58 bits per heavy atom. The fourth-order valence-electron chi connectivity index (χ4n) is 3.15. The van der Waals surface area contributed by atoms with E-state index >= 15 is 0 Å². The highest BCUT2D eigenvalue weighted by Crippen LogP contribution is 2.28. The number of cyclic esters (lactones) is 1. The number of hydrogen-bond donors (Lipinski definition) is 1. The van der Waals surface area contributed by atoms with Gasteiger partial charge in [0.2, 0.25) is 5.88 Å². The Morgan fingerprint density at radius 1 is 1.27 bits per heavy atom. The van der Waals surface area contributed by atoms with Crippen molar-refractivity contribution in [3.63, 3.8) is 0 Å². The molecule has 1 amide bonds. The van der Waals surface area contributed by atoms with Gasteiger partial charge < -0.3 is 19.5 Å². The van der Waals surface area contributed by atoms with E-state index < -0.39 is 0 Å². The van der Waals surface area contributed by atoms with Crippen molar-refractivity contribution in [3.05, 3.63) is 48.2 Å². The number of carbonyl (C=O) groups is 1. The Morgan fingerprint density at radius 2 is 2.00 bits per heavy atom. The third-order valence-corrected chi connectivity index (χ3v) is 4.78. The Kier molecular flexibility index (Phi) is 5.73. The number of ether oxygens (including phenoxy) is 2. The molecule has 2 atom stereocenters. The molecule has 1 N–H and O–H groups in total. The predicted octanol–water partition coefficient (Wildman–Crippen LogP) is 3.41. The molecule has 1 aliphatic rings. The molecule has 1 fully saturated rings. The average Bonchev–Trinajstić information content (AvgIpc) is 2.68. The maximum absolute atomic E-state index is 12.2. The van der Waals surface area contributed by atoms with Crippen LogP contribution >= 0.6 is 0 Å². The molecule has 1 aromatic heterocycles. The van der Waals surface area contributed by atoms with E-state index in [1.165, 1.54) is 0 Å². The molecule has 138 valence electrons. The number of nitrogens with zero attached hydrogens (tertiary/aromatic N) is 2. The molecule has 6 heteroatoms. The maximum Gasteiger partial charge on any atom is 0.410 e. The van der Waals surface area contributed by atoms with E-state index in [-0.39, 0.29) is 24.8 Å². The molecule has 0 radical (unpaired) electrons. The number of pyridine rings is 1. The summed E-state index contributed by atoms with van der Waals surface area (Å²) in [6.07, 6.45) is 2.53. The topological polar surface area (TPSA) is 71.9 Å². The monoisotopic (exact) mass is 356 g/mol. The largest absolute Gasteiger partial charge is 0.481 e. The number of benzene rings is 1. The molecular formula is C20H24N2O4. The Balaban J connectivity index is 1.68. The zero-order valence-corrected chi connectivity index (χ0v) is 15.1. The fraction of sp³-hybridized carbons (Fsp3) is 0.400. The molecule has 0 spiro atoms. The van der Waals surface area contributed by atoms with Gasteiger partial charge in [-0.15, -0.1) is 0 Å². The smallest absolute Gasteiger partial charge is 0.410 e. The van der Waals surface area contributed by atoms with Crippen molar-refractivity contribution in [1.29, 1.82) is 0 Å². The summed E-state index contributed by atoms with van der Waals surface area (Å²) in [4.78, 5) is 18.2. The van der Waals surface area contributed by atoms with E-state index in [1.54, 1.807) is 18.2 Å². The number of carbonyl (C=O) groups excluding carboxylic acids is 1. The highest BCUT2D eigenvalue weighted by atomic mass is 16.6. The molecule has 0 bridgehead atoms. The van der Waals surface area contributed by atoms with E-state index in [0.29, 0.717) is 18.8 Å². The standard InChI is InChI=1S/C20H24N2O4/c1-14(22-11-9-18(10-12-23)26-20(22)24)15-3-5-16(6-4-15)17-7-8-19(25-2)21-13-17/h3-8,13-14,18,23H,9-12H2,1-2H3. The van der Waals surface area contributed by atoms with Crippen molar-refractivity contribution in [2.45, 2.75) is 31.9 Å². The van der Waals surface area contributed by atoms with Crippen LogP contribution in [0.5, 0.6) is 5.88 Å². The predicted molar refractivity (Wildman–Crippen MR) is 97.9 cm³/mol. The lowest BCUT2D eigenvalue weighted by Crippen LogP contribution is -2.43. The van der Waals surface area contributed by atoms with Gasteiger partial charge in [-0.1, -0.05) is 24.3 Å². The third-order valence-electron chi connectivity index (χ3n) is 4.78. The molecule has 1 aromatic carbocycles. The minimum absolute atomic E-state index is 0.0369. The van der Waals surface area contributed by atoms with Crippen molar-refractivity contribution in [3.8, 4) is 17.0 Å². The number of aliphatic hydroxyl groups excluding tert-OH is 1. The first-order valence-corrected chi connectivity index (χ1v) is 8.81. The zero-order valence-electron chi connectivity index (χ0n) is 15.1. The minimum atomic E-state index is -0.314. The van der Waals surface area contributed by atoms with Crippen LogP contribution in [0.25, 0.3) is 11.1 Å². The van der Waals surface area contributed by atoms with E-state index in [0.717, 1.165) is 23.1 Å². The lowest BCUT2D eigenvalue weighted by atomic mass is 10.0. The van der Waals surface area contributed by atoms with Crippen LogP contribution in [0, 0.1) is 0 Å². The van der Waals surface area contributed by atoms with Gasteiger partial charge in [0.15, 0.2) is 0 Å². The average molecular weight is 356 g/mol. The molecule has 1 saturated heterocycles. The molecular weight excluding hydrogens is 332 g/mol. The van der Waals surface area contributed by atoms with Crippen molar-refractivity contribution in [1.82, 2.24) is 9.88 Å². The molecule has 2 aromatic rings. The number of amides is 1. The van der Waals surface area contributed by atoms with E-state index in [4.69, 9.17) is 14.6 Å². The van der Waals surface area contributed by atoms with Gasteiger partial charge >= 0.3 is 6.09 Å². The van der Waals surface area contributed by atoms with Crippen LogP contribution in [0.3, 0.4) is 0 Å². The van der Waals surface area contributed by atoms with Crippen molar-refractivity contribution >= 4 is 6.09 Å². The van der Waals surface area contributed by atoms with Crippen LogP contribution in [0.15, 0.2) is 42.6 Å². The van der Waals surface area contributed by atoms with Gasteiger partial charge in [-0.2, -0.15) is 0 Å². The molecule has 1 aliphatic heterocycles. The van der Waals surface area contributed by atoms with Gasteiger partial charge in [-0.05, 0) is 24.1 Å². The summed E-state index contributed by atoms with van der Waals surface area (Å²) in [6, 6.07) is 11.8. The summed E-state index contributed by atoms with van der Waals surface area (Å²) in [7, 11) is 1.59. The van der Waals surface area contributed by atoms with Crippen LogP contribution in [0.4, 0.5) is 4.79 Å². The van der Waals surface area contributed by atoms with Crippen molar-refractivity contribution in [2.75, 3.05) is 20.3 Å². The van der Waals surface area contributed by atoms with Crippen molar-refractivity contribution in [2.24, 2.45) is 0 Å². The quantitative estimate of drug-likeness (QED) is 0.859. The summed E-state index contributed by atoms with van der Waals surface area (Å²) in [6.45, 7) is 2.67. The highest BCUT2D eigenvalue weighted by molar-refractivity contribution is 5.69. The summed E-state index contributed by atoms with van der Waals surface area (Å²) >= 11 is 0. The summed E-state index contributed by atoms with van der Waals surface area (Å²) in [5.74, 6) is 0.585. The Labute approximate surface area is 153 Å². The SMILES string of the molecule is COc1ccc(-c2ccc(C(C)N3CCC(CCO)OC3=O)cc2)cn1. The zero-order chi connectivity index (χ0) is 18.5. The second kappa shape index (κ2) is 8.19. The number of hydrogen-bond acceptors (Lipinski definition) is 5. The molecule has 2 heterocycles. The van der Waals surface area contributed by atoms with Gasteiger partial charge in [-0.3, -0.25) is 0 Å². The summed E-state index contributed by atoms with van der Waals surface area (Å²) < 4.78 is 10.5. The van der Waals surface area contributed by atoms with E-state index in [2.05, 4.69) is 4.98 Å². The van der Waals surface area contributed by atoms with Gasteiger partial charge in [0, 0.05) is 43.8 Å². The molecule has 6 nitrogen and oxygen atoms in total. The number of aromatic nitrogens is 1. The van der Waals surface area contributed by atoms with Crippen LogP contribution < -0.4 is 4.74 Å². The Hall–Kier alpha value is -2.60. The summed E-state index contributed by atoms with van der Waals surface area (Å²) in [5.41, 5.74) is 3.11. The number of rotatable bonds is 6.